The second-order valence-electron chi connectivity index (χ2n) is 5.47. The summed E-state index contributed by atoms with van der Waals surface area (Å²) >= 11 is 0. The van der Waals surface area contributed by atoms with Crippen LogP contribution in [0.4, 0.5) is 0 Å². The van der Waals surface area contributed by atoms with Gasteiger partial charge in [0.25, 0.3) is 0 Å². The third-order valence-corrected chi connectivity index (χ3v) is 4.53. The van der Waals surface area contributed by atoms with Crippen molar-refractivity contribution in [3.05, 3.63) is 0 Å². The van der Waals surface area contributed by atoms with Crippen LogP contribution in [0, 0.1) is 23.7 Å². The van der Waals surface area contributed by atoms with Gasteiger partial charge >= 0.3 is 17.9 Å². The molecule has 2 aliphatic carbocycles. The van der Waals surface area contributed by atoms with Crippen LogP contribution in [0.5, 0.6) is 0 Å². The SMILES string of the molecule is COC(=O)[C@H]1C[C@@H](C(=O)OC)[C@@H]2CC[C@H]1C2OC(C)=O. The fraction of sp³-hybridized carbons (Fsp3) is 0.786. The molecule has 112 valence electrons. The molecule has 2 rings (SSSR count). The van der Waals surface area contributed by atoms with E-state index in [4.69, 9.17) is 14.2 Å². The van der Waals surface area contributed by atoms with Gasteiger partial charge in [-0.05, 0) is 19.3 Å². The van der Waals surface area contributed by atoms with Crippen molar-refractivity contribution in [2.24, 2.45) is 23.7 Å². The molecule has 0 N–H and O–H groups in total. The van der Waals surface area contributed by atoms with Crippen molar-refractivity contribution in [1.82, 2.24) is 0 Å². The molecule has 0 heterocycles. The van der Waals surface area contributed by atoms with Crippen LogP contribution >= 0.6 is 0 Å². The Bertz CT molecular complexity index is 388. The minimum atomic E-state index is -0.410. The maximum Gasteiger partial charge on any atom is 0.309 e. The number of fused-ring (bicyclic) bond motifs is 2. The van der Waals surface area contributed by atoms with Crippen molar-refractivity contribution < 1.29 is 28.6 Å². The molecule has 5 atom stereocenters. The normalized spacial score (nSPS) is 35.2. The highest BCUT2D eigenvalue weighted by atomic mass is 16.5. The van der Waals surface area contributed by atoms with E-state index in [9.17, 15) is 14.4 Å². The Hall–Kier alpha value is -1.59. The van der Waals surface area contributed by atoms with Crippen molar-refractivity contribution in [2.75, 3.05) is 14.2 Å². The summed E-state index contributed by atoms with van der Waals surface area (Å²) < 4.78 is 15.0. The van der Waals surface area contributed by atoms with E-state index in [1.165, 1.54) is 21.1 Å². The zero-order valence-electron chi connectivity index (χ0n) is 12.0. The van der Waals surface area contributed by atoms with E-state index in [1.807, 2.05) is 0 Å². The first-order valence-corrected chi connectivity index (χ1v) is 6.82. The first-order chi connectivity index (χ1) is 9.49. The lowest BCUT2D eigenvalue weighted by Crippen LogP contribution is -2.46. The molecule has 0 spiro atoms. The Kier molecular flexibility index (Phi) is 4.30. The van der Waals surface area contributed by atoms with Gasteiger partial charge in [-0.25, -0.2) is 0 Å². The quantitative estimate of drug-likeness (QED) is 0.566. The molecule has 0 saturated heterocycles. The minimum absolute atomic E-state index is 0.0581. The van der Waals surface area contributed by atoms with Crippen molar-refractivity contribution in [1.29, 1.82) is 0 Å². The number of ether oxygens (including phenoxy) is 3. The van der Waals surface area contributed by atoms with Gasteiger partial charge in [-0.1, -0.05) is 0 Å². The Labute approximate surface area is 117 Å². The van der Waals surface area contributed by atoms with E-state index < -0.39 is 17.9 Å². The lowest BCUT2D eigenvalue weighted by molar-refractivity contribution is -0.171. The average Bonchev–Trinajstić information content (AvgIpc) is 2.71. The van der Waals surface area contributed by atoms with Crippen LogP contribution in [0.1, 0.15) is 26.2 Å². The lowest BCUT2D eigenvalue weighted by atomic mass is 9.71. The second kappa shape index (κ2) is 5.81. The Morgan fingerprint density at radius 3 is 1.70 bits per heavy atom. The summed E-state index contributed by atoms with van der Waals surface area (Å²) in [6.07, 6.45) is 1.53. The predicted molar refractivity (Wildman–Crippen MR) is 67.4 cm³/mol. The molecule has 0 aliphatic heterocycles. The summed E-state index contributed by atoms with van der Waals surface area (Å²) in [5.41, 5.74) is 0. The van der Waals surface area contributed by atoms with Crippen molar-refractivity contribution >= 4 is 17.9 Å². The zero-order chi connectivity index (χ0) is 14.9. The van der Waals surface area contributed by atoms with Crippen molar-refractivity contribution in [3.8, 4) is 0 Å². The fourth-order valence-corrected chi connectivity index (χ4v) is 3.73. The molecule has 20 heavy (non-hydrogen) atoms. The predicted octanol–water partition coefficient (Wildman–Crippen LogP) is 0.926. The molecular weight excluding hydrogens is 264 g/mol. The molecular formula is C14H20O6. The molecule has 6 heteroatoms. The van der Waals surface area contributed by atoms with Crippen molar-refractivity contribution in [3.63, 3.8) is 0 Å². The van der Waals surface area contributed by atoms with Crippen LogP contribution in [-0.2, 0) is 28.6 Å². The van der Waals surface area contributed by atoms with Gasteiger partial charge in [-0.15, -0.1) is 0 Å². The summed E-state index contributed by atoms with van der Waals surface area (Å²) in [6.45, 7) is 1.34. The van der Waals surface area contributed by atoms with E-state index in [0.29, 0.717) is 6.42 Å². The van der Waals surface area contributed by atoms with Crippen LogP contribution in [0.3, 0.4) is 0 Å². The van der Waals surface area contributed by atoms with E-state index in [2.05, 4.69) is 0 Å². The van der Waals surface area contributed by atoms with Gasteiger partial charge in [0.05, 0.1) is 26.1 Å². The summed E-state index contributed by atoms with van der Waals surface area (Å²) in [5, 5.41) is 0. The number of carbonyl (C=O) groups excluding carboxylic acids is 3. The average molecular weight is 284 g/mol. The highest BCUT2D eigenvalue weighted by Crippen LogP contribution is 2.50. The Morgan fingerprint density at radius 1 is 0.900 bits per heavy atom. The number of carbonyl (C=O) groups is 3. The molecule has 1 unspecified atom stereocenters. The molecule has 2 saturated carbocycles. The van der Waals surface area contributed by atoms with Gasteiger partial charge in [0.15, 0.2) is 0 Å². The molecule has 0 aromatic carbocycles. The van der Waals surface area contributed by atoms with Gasteiger partial charge in [0.1, 0.15) is 6.10 Å². The highest BCUT2D eigenvalue weighted by Gasteiger charge is 2.55. The topological polar surface area (TPSA) is 78.9 Å². The van der Waals surface area contributed by atoms with Crippen LogP contribution in [-0.4, -0.2) is 38.2 Å². The maximum atomic E-state index is 11.9. The van der Waals surface area contributed by atoms with E-state index in [1.54, 1.807) is 0 Å². The monoisotopic (exact) mass is 284 g/mol. The number of hydrogen-bond acceptors (Lipinski definition) is 6. The molecule has 2 bridgehead atoms. The lowest BCUT2D eigenvalue weighted by Gasteiger charge is -2.38. The summed E-state index contributed by atoms with van der Waals surface area (Å²) in [4.78, 5) is 35.1. The third kappa shape index (κ3) is 2.51. The van der Waals surface area contributed by atoms with E-state index >= 15 is 0 Å². The van der Waals surface area contributed by atoms with Gasteiger partial charge in [-0.2, -0.15) is 0 Å². The standard InChI is InChI=1S/C14H20O6/c1-7(15)20-12-8-4-5-9(12)11(14(17)19-3)6-10(8)13(16)18-2/h8-12H,4-6H2,1-3H3/t8-,9+,10+,11-,12?. The van der Waals surface area contributed by atoms with E-state index in [-0.39, 0.29) is 29.7 Å². The van der Waals surface area contributed by atoms with Gasteiger partial charge in [-0.3, -0.25) is 14.4 Å². The van der Waals surface area contributed by atoms with Crippen LogP contribution in [0.15, 0.2) is 0 Å². The molecule has 6 nitrogen and oxygen atoms in total. The zero-order valence-corrected chi connectivity index (χ0v) is 12.0. The number of methoxy groups -OCH3 is 2. The first kappa shape index (κ1) is 14.8. The minimum Gasteiger partial charge on any atom is -0.469 e. The van der Waals surface area contributed by atoms with Crippen LogP contribution < -0.4 is 0 Å². The maximum absolute atomic E-state index is 11.9. The smallest absolute Gasteiger partial charge is 0.309 e. The van der Waals surface area contributed by atoms with Crippen LogP contribution in [0.2, 0.25) is 0 Å². The van der Waals surface area contributed by atoms with E-state index in [0.717, 1.165) is 12.8 Å². The van der Waals surface area contributed by atoms with Crippen LogP contribution in [0.25, 0.3) is 0 Å². The second-order valence-corrected chi connectivity index (χ2v) is 5.47. The third-order valence-electron chi connectivity index (χ3n) is 4.53. The largest absolute Gasteiger partial charge is 0.469 e. The number of rotatable bonds is 3. The summed E-state index contributed by atoms with van der Waals surface area (Å²) in [5.74, 6) is -2.02. The summed E-state index contributed by atoms with van der Waals surface area (Å²) in [6, 6.07) is 0. The number of esters is 3. The summed E-state index contributed by atoms with van der Waals surface area (Å²) in [7, 11) is 2.66. The van der Waals surface area contributed by atoms with Gasteiger partial charge < -0.3 is 14.2 Å². The first-order valence-electron chi connectivity index (χ1n) is 6.82. The Balaban J connectivity index is 2.27. The number of hydrogen-bond donors (Lipinski definition) is 0. The molecule has 2 fully saturated rings. The van der Waals surface area contributed by atoms with Gasteiger partial charge in [0, 0.05) is 18.8 Å². The molecule has 2 aliphatic rings. The Morgan fingerprint density at radius 2 is 1.35 bits per heavy atom. The molecule has 0 radical (unpaired) electrons. The molecule has 0 aromatic heterocycles. The fourth-order valence-electron chi connectivity index (χ4n) is 3.73. The highest BCUT2D eigenvalue weighted by molar-refractivity contribution is 5.78. The molecule has 0 aromatic rings. The molecule has 0 amide bonds. The van der Waals surface area contributed by atoms with Gasteiger partial charge in [0.2, 0.25) is 0 Å². The van der Waals surface area contributed by atoms with Crippen molar-refractivity contribution in [2.45, 2.75) is 32.3 Å².